The van der Waals surface area contributed by atoms with E-state index in [4.69, 9.17) is 4.74 Å². The van der Waals surface area contributed by atoms with Gasteiger partial charge in [-0.1, -0.05) is 43.2 Å². The molecule has 1 saturated carbocycles. The first-order valence-corrected chi connectivity index (χ1v) is 13.7. The standard InChI is InChI=1S/C30H38F3N3O4/c1-28(2,3)40-27(38)35-16-13-23-21(18-35)10-8-12-25(23)34-17-26(37)36(20-29(39)14-6-7-15-29)19-22-9-4-5-11-24(22)30(31,32)33/h4-5,8-12,34,39H,6-7,13-20H2,1-3H3. The van der Waals surface area contributed by atoms with E-state index in [0.717, 1.165) is 35.7 Å². The lowest BCUT2D eigenvalue weighted by Gasteiger charge is -2.33. The van der Waals surface area contributed by atoms with Gasteiger partial charge in [-0.2, -0.15) is 13.2 Å². The number of halogens is 3. The van der Waals surface area contributed by atoms with Crippen LogP contribution in [0.3, 0.4) is 0 Å². The molecular weight excluding hydrogens is 523 g/mol. The number of aliphatic hydroxyl groups is 1. The summed E-state index contributed by atoms with van der Waals surface area (Å²) in [7, 11) is 0. The van der Waals surface area contributed by atoms with Gasteiger partial charge in [0.1, 0.15) is 5.60 Å². The summed E-state index contributed by atoms with van der Waals surface area (Å²) in [5.41, 5.74) is 0.156. The average molecular weight is 562 g/mol. The van der Waals surface area contributed by atoms with Crippen molar-refractivity contribution in [1.29, 1.82) is 0 Å². The molecule has 2 aromatic carbocycles. The predicted molar refractivity (Wildman–Crippen MR) is 146 cm³/mol. The highest BCUT2D eigenvalue weighted by atomic mass is 19.4. The fourth-order valence-corrected chi connectivity index (χ4v) is 5.46. The second kappa shape index (κ2) is 11.7. The lowest BCUT2D eigenvalue weighted by molar-refractivity contribution is -0.140. The number of amides is 2. The number of carbonyl (C=O) groups is 2. The molecule has 1 fully saturated rings. The van der Waals surface area contributed by atoms with E-state index in [0.29, 0.717) is 32.4 Å². The number of rotatable bonds is 7. The number of fused-ring (bicyclic) bond motifs is 1. The Balaban J connectivity index is 1.49. The van der Waals surface area contributed by atoms with Crippen LogP contribution in [0.15, 0.2) is 42.5 Å². The summed E-state index contributed by atoms with van der Waals surface area (Å²) in [6.45, 7) is 5.86. The van der Waals surface area contributed by atoms with Gasteiger partial charge in [-0.15, -0.1) is 0 Å². The summed E-state index contributed by atoms with van der Waals surface area (Å²) in [6.07, 6.45) is -1.74. The lowest BCUT2D eigenvalue weighted by Crippen LogP contribution is -2.46. The number of carbonyl (C=O) groups excluding carboxylic acids is 2. The molecule has 1 aliphatic carbocycles. The Bertz CT molecular complexity index is 1220. The summed E-state index contributed by atoms with van der Waals surface area (Å²) in [4.78, 5) is 29.0. The highest BCUT2D eigenvalue weighted by Crippen LogP contribution is 2.34. The van der Waals surface area contributed by atoms with E-state index in [-0.39, 0.29) is 31.3 Å². The van der Waals surface area contributed by atoms with Gasteiger partial charge in [0.2, 0.25) is 5.91 Å². The number of alkyl halides is 3. The van der Waals surface area contributed by atoms with Crippen molar-refractivity contribution in [3.05, 3.63) is 64.7 Å². The molecule has 2 amide bonds. The number of hydrogen-bond donors (Lipinski definition) is 2. The van der Waals surface area contributed by atoms with E-state index >= 15 is 0 Å². The van der Waals surface area contributed by atoms with Crippen molar-refractivity contribution in [2.45, 2.75) is 83.3 Å². The monoisotopic (exact) mass is 561 g/mol. The van der Waals surface area contributed by atoms with Crippen LogP contribution >= 0.6 is 0 Å². The molecule has 40 heavy (non-hydrogen) atoms. The minimum Gasteiger partial charge on any atom is -0.444 e. The zero-order chi connectivity index (χ0) is 29.1. The van der Waals surface area contributed by atoms with Gasteiger partial charge in [0.05, 0.1) is 17.7 Å². The Morgan fingerprint density at radius 3 is 2.45 bits per heavy atom. The van der Waals surface area contributed by atoms with E-state index in [1.807, 2.05) is 39.0 Å². The number of anilines is 1. The van der Waals surface area contributed by atoms with Crippen molar-refractivity contribution in [1.82, 2.24) is 9.80 Å². The highest BCUT2D eigenvalue weighted by molar-refractivity contribution is 5.81. The van der Waals surface area contributed by atoms with Crippen LogP contribution in [0, 0.1) is 0 Å². The van der Waals surface area contributed by atoms with Gasteiger partial charge < -0.3 is 25.0 Å². The maximum atomic E-state index is 13.7. The Labute approximate surface area is 233 Å². The topological polar surface area (TPSA) is 82.1 Å². The second-order valence-corrected chi connectivity index (χ2v) is 11.8. The summed E-state index contributed by atoms with van der Waals surface area (Å²) in [5, 5.41) is 14.2. The van der Waals surface area contributed by atoms with Gasteiger partial charge in [-0.05, 0) is 68.9 Å². The van der Waals surface area contributed by atoms with E-state index in [9.17, 15) is 27.9 Å². The Morgan fingerprint density at radius 2 is 1.77 bits per heavy atom. The first-order valence-electron chi connectivity index (χ1n) is 13.7. The number of ether oxygens (including phenoxy) is 1. The zero-order valence-electron chi connectivity index (χ0n) is 23.3. The molecule has 0 aromatic heterocycles. The maximum Gasteiger partial charge on any atom is 0.416 e. The van der Waals surface area contributed by atoms with Gasteiger partial charge in [0.25, 0.3) is 0 Å². The molecule has 2 aromatic rings. The molecule has 0 spiro atoms. The zero-order valence-corrected chi connectivity index (χ0v) is 23.3. The summed E-state index contributed by atoms with van der Waals surface area (Å²) in [5.74, 6) is -0.402. The van der Waals surface area contributed by atoms with Crippen molar-refractivity contribution in [2.75, 3.05) is 25.0 Å². The normalized spacial score (nSPS) is 16.8. The van der Waals surface area contributed by atoms with E-state index in [2.05, 4.69) is 5.32 Å². The van der Waals surface area contributed by atoms with E-state index in [1.165, 1.54) is 23.1 Å². The Kier molecular flexibility index (Phi) is 8.68. The molecule has 2 N–H and O–H groups in total. The molecule has 7 nitrogen and oxygen atoms in total. The molecule has 0 atom stereocenters. The molecule has 0 radical (unpaired) electrons. The molecule has 4 rings (SSSR count). The van der Waals surface area contributed by atoms with Gasteiger partial charge in [0.15, 0.2) is 0 Å². The van der Waals surface area contributed by atoms with E-state index in [1.54, 1.807) is 4.90 Å². The molecule has 1 heterocycles. The van der Waals surface area contributed by atoms with E-state index < -0.39 is 28.8 Å². The molecule has 10 heteroatoms. The minimum absolute atomic E-state index is 0.00993. The third kappa shape index (κ3) is 7.47. The number of benzene rings is 2. The number of nitrogens with zero attached hydrogens (tertiary/aromatic N) is 2. The fraction of sp³-hybridized carbons (Fsp3) is 0.533. The van der Waals surface area contributed by atoms with Crippen molar-refractivity contribution in [3.63, 3.8) is 0 Å². The molecule has 0 saturated heterocycles. The Hall–Kier alpha value is -3.27. The van der Waals surface area contributed by atoms with Crippen LogP contribution in [-0.2, 0) is 35.2 Å². The second-order valence-electron chi connectivity index (χ2n) is 11.8. The first-order chi connectivity index (χ1) is 18.7. The van der Waals surface area contributed by atoms with Crippen LogP contribution in [0.25, 0.3) is 0 Å². The molecule has 0 bridgehead atoms. The highest BCUT2D eigenvalue weighted by Gasteiger charge is 2.37. The predicted octanol–water partition coefficient (Wildman–Crippen LogP) is 5.74. The minimum atomic E-state index is -4.55. The maximum absolute atomic E-state index is 13.7. The largest absolute Gasteiger partial charge is 0.444 e. The average Bonchev–Trinajstić information content (AvgIpc) is 3.31. The molecule has 0 unspecified atom stereocenters. The number of hydrogen-bond acceptors (Lipinski definition) is 5. The van der Waals surface area contributed by atoms with Crippen LogP contribution in [0.4, 0.5) is 23.7 Å². The van der Waals surface area contributed by atoms with Gasteiger partial charge in [0, 0.05) is 31.9 Å². The summed E-state index contributed by atoms with van der Waals surface area (Å²) in [6, 6.07) is 10.8. The molecule has 1 aliphatic heterocycles. The molecule has 218 valence electrons. The number of nitrogens with one attached hydrogen (secondary N) is 1. The smallest absolute Gasteiger partial charge is 0.416 e. The first kappa shape index (κ1) is 29.7. The third-order valence-electron chi connectivity index (χ3n) is 7.40. The molecule has 2 aliphatic rings. The Morgan fingerprint density at radius 1 is 1.07 bits per heavy atom. The van der Waals surface area contributed by atoms with Crippen LogP contribution < -0.4 is 5.32 Å². The lowest BCUT2D eigenvalue weighted by atomic mass is 9.98. The van der Waals surface area contributed by atoms with Crippen molar-refractivity contribution in [3.8, 4) is 0 Å². The molecular formula is C30H38F3N3O4. The van der Waals surface area contributed by atoms with Gasteiger partial charge in [-0.25, -0.2) is 4.79 Å². The van der Waals surface area contributed by atoms with Crippen LogP contribution in [0.1, 0.15) is 68.7 Å². The van der Waals surface area contributed by atoms with Crippen molar-refractivity contribution >= 4 is 17.7 Å². The van der Waals surface area contributed by atoms with Crippen molar-refractivity contribution < 1.29 is 32.6 Å². The van der Waals surface area contributed by atoms with Gasteiger partial charge in [-0.3, -0.25) is 4.79 Å². The van der Waals surface area contributed by atoms with Gasteiger partial charge >= 0.3 is 12.3 Å². The fourth-order valence-electron chi connectivity index (χ4n) is 5.46. The van der Waals surface area contributed by atoms with Crippen LogP contribution in [0.5, 0.6) is 0 Å². The van der Waals surface area contributed by atoms with Crippen molar-refractivity contribution in [2.24, 2.45) is 0 Å². The summed E-state index contributed by atoms with van der Waals surface area (Å²) < 4.78 is 46.5. The van der Waals surface area contributed by atoms with Crippen LogP contribution in [0.2, 0.25) is 0 Å². The summed E-state index contributed by atoms with van der Waals surface area (Å²) >= 11 is 0. The third-order valence-corrected chi connectivity index (χ3v) is 7.40. The quantitative estimate of drug-likeness (QED) is 0.450. The van der Waals surface area contributed by atoms with Crippen LogP contribution in [-0.4, -0.2) is 57.7 Å². The SMILES string of the molecule is CC(C)(C)OC(=O)N1CCc2c(cccc2NCC(=O)N(Cc2ccccc2C(F)(F)F)CC2(O)CCCC2)C1.